The SMILES string of the molecule is O=C(NC1CCN(CCC2CCOCC2)CC1)c1ccc2nc(NCC(F)(F)F)ccc2n1. The summed E-state index contributed by atoms with van der Waals surface area (Å²) in [5, 5.41) is 5.32. The van der Waals surface area contributed by atoms with Crippen LogP contribution in [0.25, 0.3) is 11.0 Å². The number of hydrogen-bond acceptors (Lipinski definition) is 6. The Morgan fingerprint density at radius 2 is 1.73 bits per heavy atom. The van der Waals surface area contributed by atoms with Crippen molar-refractivity contribution in [2.45, 2.75) is 44.3 Å². The van der Waals surface area contributed by atoms with E-state index in [-0.39, 0.29) is 23.5 Å². The van der Waals surface area contributed by atoms with Gasteiger partial charge in [-0.25, -0.2) is 9.97 Å². The van der Waals surface area contributed by atoms with Crippen LogP contribution in [0.5, 0.6) is 0 Å². The number of pyridine rings is 2. The minimum absolute atomic E-state index is 0.112. The fourth-order valence-corrected chi connectivity index (χ4v) is 4.39. The molecule has 2 saturated heterocycles. The molecule has 2 N–H and O–H groups in total. The molecule has 2 fully saturated rings. The number of aromatic nitrogens is 2. The first kappa shape index (κ1) is 23.7. The highest BCUT2D eigenvalue weighted by molar-refractivity contribution is 5.94. The van der Waals surface area contributed by atoms with E-state index in [0.29, 0.717) is 11.0 Å². The van der Waals surface area contributed by atoms with E-state index < -0.39 is 12.7 Å². The number of fused-ring (bicyclic) bond motifs is 1. The summed E-state index contributed by atoms with van der Waals surface area (Å²) in [5.74, 6) is 0.639. The molecule has 1 amide bonds. The zero-order chi connectivity index (χ0) is 23.3. The molecule has 0 unspecified atom stereocenters. The van der Waals surface area contributed by atoms with Gasteiger partial charge in [0.1, 0.15) is 18.1 Å². The second-order valence-electron chi connectivity index (χ2n) is 8.83. The van der Waals surface area contributed by atoms with Crippen LogP contribution in [0, 0.1) is 5.92 Å². The second kappa shape index (κ2) is 10.6. The maximum Gasteiger partial charge on any atom is 0.405 e. The van der Waals surface area contributed by atoms with Crippen LogP contribution in [0.3, 0.4) is 0 Å². The number of ether oxygens (including phenoxy) is 1. The Balaban J connectivity index is 1.25. The van der Waals surface area contributed by atoms with E-state index >= 15 is 0 Å². The number of piperidine rings is 1. The van der Waals surface area contributed by atoms with Crippen molar-refractivity contribution in [1.82, 2.24) is 20.2 Å². The summed E-state index contributed by atoms with van der Waals surface area (Å²) in [5.41, 5.74) is 1.17. The fraction of sp³-hybridized carbons (Fsp3) is 0.609. The standard InChI is InChI=1S/C23H30F3N5O2/c24-23(25,26)15-27-21-4-3-18-19(30-21)1-2-20(29-18)22(32)28-17-6-11-31(12-7-17)10-5-16-8-13-33-14-9-16/h1-4,16-17H,5-15H2,(H,27,30)(H,28,32). The molecule has 180 valence electrons. The van der Waals surface area contributed by atoms with Crippen LogP contribution >= 0.6 is 0 Å². The van der Waals surface area contributed by atoms with E-state index in [1.54, 1.807) is 18.2 Å². The number of rotatable bonds is 7. The van der Waals surface area contributed by atoms with Gasteiger partial charge in [-0.1, -0.05) is 0 Å². The van der Waals surface area contributed by atoms with Gasteiger partial charge in [-0.3, -0.25) is 4.79 Å². The van der Waals surface area contributed by atoms with Gasteiger partial charge in [-0.05, 0) is 68.8 Å². The Bertz CT molecular complexity index is 941. The molecule has 2 aromatic rings. The molecular weight excluding hydrogens is 435 g/mol. The third-order valence-corrected chi connectivity index (χ3v) is 6.36. The summed E-state index contributed by atoms with van der Waals surface area (Å²) < 4.78 is 42.5. The van der Waals surface area contributed by atoms with Gasteiger partial charge in [0.15, 0.2) is 0 Å². The molecule has 10 heteroatoms. The van der Waals surface area contributed by atoms with E-state index in [2.05, 4.69) is 25.5 Å². The van der Waals surface area contributed by atoms with Crippen LogP contribution in [0.15, 0.2) is 24.3 Å². The second-order valence-corrected chi connectivity index (χ2v) is 8.83. The zero-order valence-electron chi connectivity index (χ0n) is 18.5. The summed E-state index contributed by atoms with van der Waals surface area (Å²) in [6.45, 7) is 3.65. The zero-order valence-corrected chi connectivity index (χ0v) is 18.5. The molecule has 33 heavy (non-hydrogen) atoms. The van der Waals surface area contributed by atoms with Crippen LogP contribution in [0.1, 0.15) is 42.6 Å². The average Bonchev–Trinajstić information content (AvgIpc) is 2.82. The summed E-state index contributed by atoms with van der Waals surface area (Å²) in [7, 11) is 0. The number of alkyl halides is 3. The molecule has 0 bridgehead atoms. The Kier molecular flexibility index (Phi) is 7.64. The first-order valence-electron chi connectivity index (χ1n) is 11.5. The molecule has 2 aromatic heterocycles. The topological polar surface area (TPSA) is 79.4 Å². The van der Waals surface area contributed by atoms with Gasteiger partial charge in [0.2, 0.25) is 0 Å². The fourth-order valence-electron chi connectivity index (χ4n) is 4.39. The molecule has 0 radical (unpaired) electrons. The highest BCUT2D eigenvalue weighted by Crippen LogP contribution is 2.21. The number of anilines is 1. The van der Waals surface area contributed by atoms with Crippen LogP contribution in [0.2, 0.25) is 0 Å². The summed E-state index contributed by atoms with van der Waals surface area (Å²) in [4.78, 5) is 23.6. The predicted octanol–water partition coefficient (Wildman–Crippen LogP) is 3.61. The predicted molar refractivity (Wildman–Crippen MR) is 119 cm³/mol. The van der Waals surface area contributed by atoms with Crippen molar-refractivity contribution in [3.05, 3.63) is 30.0 Å². The van der Waals surface area contributed by atoms with Crippen molar-refractivity contribution in [3.63, 3.8) is 0 Å². The number of halogens is 3. The first-order chi connectivity index (χ1) is 15.9. The lowest BCUT2D eigenvalue weighted by Crippen LogP contribution is -2.45. The summed E-state index contributed by atoms with van der Waals surface area (Å²) in [6.07, 6.45) is 1.02. The third-order valence-electron chi connectivity index (χ3n) is 6.36. The Morgan fingerprint density at radius 1 is 1.03 bits per heavy atom. The quantitative estimate of drug-likeness (QED) is 0.651. The number of likely N-dealkylation sites (tertiary alicyclic amines) is 1. The minimum atomic E-state index is -4.32. The van der Waals surface area contributed by atoms with E-state index in [4.69, 9.17) is 4.74 Å². The largest absolute Gasteiger partial charge is 0.405 e. The van der Waals surface area contributed by atoms with Gasteiger partial charge in [0.25, 0.3) is 5.91 Å². The molecule has 0 atom stereocenters. The molecule has 0 saturated carbocycles. The maximum atomic E-state index is 12.7. The lowest BCUT2D eigenvalue weighted by Gasteiger charge is -2.33. The molecule has 2 aliphatic rings. The van der Waals surface area contributed by atoms with Crippen molar-refractivity contribution in [1.29, 1.82) is 0 Å². The summed E-state index contributed by atoms with van der Waals surface area (Å²) in [6, 6.07) is 6.27. The van der Waals surface area contributed by atoms with Crippen molar-refractivity contribution in [2.24, 2.45) is 5.92 Å². The molecule has 0 aliphatic carbocycles. The summed E-state index contributed by atoms with van der Waals surface area (Å²) >= 11 is 0. The minimum Gasteiger partial charge on any atom is -0.381 e. The monoisotopic (exact) mass is 465 g/mol. The van der Waals surface area contributed by atoms with Gasteiger partial charge in [-0.15, -0.1) is 0 Å². The van der Waals surface area contributed by atoms with Crippen molar-refractivity contribution in [2.75, 3.05) is 44.7 Å². The Hall–Kier alpha value is -2.46. The van der Waals surface area contributed by atoms with Gasteiger partial charge in [0.05, 0.1) is 11.0 Å². The van der Waals surface area contributed by atoms with E-state index in [9.17, 15) is 18.0 Å². The van der Waals surface area contributed by atoms with Gasteiger partial charge >= 0.3 is 6.18 Å². The van der Waals surface area contributed by atoms with E-state index in [1.165, 1.54) is 12.5 Å². The molecular formula is C23H30F3N5O2. The highest BCUT2D eigenvalue weighted by atomic mass is 19.4. The highest BCUT2D eigenvalue weighted by Gasteiger charge is 2.27. The van der Waals surface area contributed by atoms with Crippen molar-refractivity contribution < 1.29 is 22.7 Å². The Morgan fingerprint density at radius 3 is 2.45 bits per heavy atom. The molecule has 2 aliphatic heterocycles. The van der Waals surface area contributed by atoms with Gasteiger partial charge < -0.3 is 20.3 Å². The average molecular weight is 466 g/mol. The van der Waals surface area contributed by atoms with E-state index in [1.807, 2.05) is 0 Å². The van der Waals surface area contributed by atoms with Gasteiger partial charge in [0, 0.05) is 32.3 Å². The number of carbonyl (C=O) groups excluding carboxylic acids is 1. The molecule has 7 nitrogen and oxygen atoms in total. The van der Waals surface area contributed by atoms with Crippen LogP contribution in [0.4, 0.5) is 19.0 Å². The third kappa shape index (κ3) is 7.01. The maximum absolute atomic E-state index is 12.7. The van der Waals surface area contributed by atoms with Crippen molar-refractivity contribution in [3.8, 4) is 0 Å². The smallest absolute Gasteiger partial charge is 0.381 e. The molecule has 0 spiro atoms. The molecule has 0 aromatic carbocycles. The van der Waals surface area contributed by atoms with Crippen LogP contribution in [-0.4, -0.2) is 72.4 Å². The molecule has 4 rings (SSSR count). The number of nitrogens with one attached hydrogen (secondary N) is 2. The lowest BCUT2D eigenvalue weighted by atomic mass is 9.95. The number of carbonyl (C=O) groups is 1. The number of nitrogens with zero attached hydrogens (tertiary/aromatic N) is 3. The Labute approximate surface area is 191 Å². The normalized spacial score (nSPS) is 19.0. The van der Waals surface area contributed by atoms with Crippen molar-refractivity contribution >= 4 is 22.8 Å². The van der Waals surface area contributed by atoms with Crippen LogP contribution in [-0.2, 0) is 4.74 Å². The molecule has 4 heterocycles. The van der Waals surface area contributed by atoms with Gasteiger partial charge in [-0.2, -0.15) is 13.2 Å². The lowest BCUT2D eigenvalue weighted by molar-refractivity contribution is -0.115. The number of amides is 1. The van der Waals surface area contributed by atoms with E-state index in [0.717, 1.165) is 64.4 Å². The first-order valence-corrected chi connectivity index (χ1v) is 11.5. The van der Waals surface area contributed by atoms with Crippen LogP contribution < -0.4 is 10.6 Å². The number of hydrogen-bond donors (Lipinski definition) is 2.